The number of rotatable bonds is 8. The lowest BCUT2D eigenvalue weighted by molar-refractivity contribution is -0.118. The summed E-state index contributed by atoms with van der Waals surface area (Å²) in [6, 6.07) is -0.0508. The minimum Gasteiger partial charge on any atom is -0.354 e. The van der Waals surface area contributed by atoms with Gasteiger partial charge in [-0.3, -0.25) is 4.79 Å². The molecule has 3 N–H and O–H groups in total. The molecule has 1 saturated carbocycles. The van der Waals surface area contributed by atoms with Crippen molar-refractivity contribution < 1.29 is 13.2 Å². The zero-order chi connectivity index (χ0) is 13.8. The monoisotopic (exact) mass is 277 g/mol. The van der Waals surface area contributed by atoms with Crippen molar-refractivity contribution in [3.05, 3.63) is 0 Å². The molecular weight excluding hydrogens is 254 g/mol. The standard InChI is InChI=1S/C11H23N3O3S/c1-3-14(4-2)18(16,17)8-11(15)13-7-10(12)9-5-6-9/h9-10H,3-8,12H2,1-2H3,(H,13,15). The molecule has 1 fully saturated rings. The van der Waals surface area contributed by atoms with Gasteiger partial charge in [-0.2, -0.15) is 0 Å². The number of amides is 1. The van der Waals surface area contributed by atoms with Crippen LogP contribution in [0.4, 0.5) is 0 Å². The number of carbonyl (C=O) groups is 1. The first-order valence-corrected chi connectivity index (χ1v) is 8.01. The van der Waals surface area contributed by atoms with Gasteiger partial charge in [-0.15, -0.1) is 0 Å². The van der Waals surface area contributed by atoms with Crippen LogP contribution in [0.1, 0.15) is 26.7 Å². The van der Waals surface area contributed by atoms with Gasteiger partial charge in [0.15, 0.2) is 0 Å². The normalized spacial score (nSPS) is 17.8. The smallest absolute Gasteiger partial charge is 0.236 e. The van der Waals surface area contributed by atoms with Crippen LogP contribution in [0.3, 0.4) is 0 Å². The van der Waals surface area contributed by atoms with Gasteiger partial charge in [0.05, 0.1) is 0 Å². The van der Waals surface area contributed by atoms with E-state index in [1.165, 1.54) is 4.31 Å². The highest BCUT2D eigenvalue weighted by Gasteiger charge is 2.29. The predicted molar refractivity (Wildman–Crippen MR) is 70.4 cm³/mol. The van der Waals surface area contributed by atoms with Crippen molar-refractivity contribution in [1.82, 2.24) is 9.62 Å². The second-order valence-corrected chi connectivity index (χ2v) is 6.61. The molecule has 0 bridgehead atoms. The summed E-state index contributed by atoms with van der Waals surface area (Å²) >= 11 is 0. The minimum absolute atomic E-state index is 0.0508. The molecule has 6 nitrogen and oxygen atoms in total. The topological polar surface area (TPSA) is 92.5 Å². The third-order valence-electron chi connectivity index (χ3n) is 3.17. The van der Waals surface area contributed by atoms with Gasteiger partial charge in [0.1, 0.15) is 5.75 Å². The number of nitrogens with one attached hydrogen (secondary N) is 1. The van der Waals surface area contributed by atoms with Crippen LogP contribution in [0.5, 0.6) is 0 Å². The first kappa shape index (κ1) is 15.4. The molecule has 7 heteroatoms. The van der Waals surface area contributed by atoms with Crippen molar-refractivity contribution in [2.45, 2.75) is 32.7 Å². The molecule has 0 radical (unpaired) electrons. The van der Waals surface area contributed by atoms with Crippen LogP contribution in [0, 0.1) is 5.92 Å². The van der Waals surface area contributed by atoms with Gasteiger partial charge in [-0.1, -0.05) is 13.8 Å². The van der Waals surface area contributed by atoms with E-state index in [2.05, 4.69) is 5.32 Å². The van der Waals surface area contributed by atoms with E-state index in [-0.39, 0.29) is 6.04 Å². The second kappa shape index (κ2) is 6.49. The molecule has 1 aliphatic rings. The summed E-state index contributed by atoms with van der Waals surface area (Å²) in [7, 11) is -3.49. The number of hydrogen-bond acceptors (Lipinski definition) is 4. The fourth-order valence-corrected chi connectivity index (χ4v) is 3.25. The molecule has 0 aliphatic heterocycles. The van der Waals surface area contributed by atoms with E-state index in [0.29, 0.717) is 25.6 Å². The van der Waals surface area contributed by atoms with Gasteiger partial charge < -0.3 is 11.1 Å². The Labute approximate surface area is 109 Å². The van der Waals surface area contributed by atoms with Gasteiger partial charge in [0.25, 0.3) is 0 Å². The molecule has 0 heterocycles. The lowest BCUT2D eigenvalue weighted by Crippen LogP contribution is -2.43. The zero-order valence-electron chi connectivity index (χ0n) is 11.1. The SMILES string of the molecule is CCN(CC)S(=O)(=O)CC(=O)NCC(N)C1CC1. The second-order valence-electron chi connectivity index (χ2n) is 4.65. The molecule has 1 atom stereocenters. The Hall–Kier alpha value is -0.660. The Morgan fingerprint density at radius 2 is 1.94 bits per heavy atom. The van der Waals surface area contributed by atoms with Crippen LogP contribution in [0.2, 0.25) is 0 Å². The summed E-state index contributed by atoms with van der Waals surface area (Å²) in [6.45, 7) is 4.63. The highest BCUT2D eigenvalue weighted by molar-refractivity contribution is 7.89. The maximum Gasteiger partial charge on any atom is 0.236 e. The molecule has 1 amide bonds. The third kappa shape index (κ3) is 4.55. The summed E-state index contributed by atoms with van der Waals surface area (Å²) in [5, 5.41) is 2.59. The maximum absolute atomic E-state index is 11.8. The Bertz CT molecular complexity index is 375. The first-order chi connectivity index (χ1) is 8.40. The highest BCUT2D eigenvalue weighted by Crippen LogP contribution is 2.31. The van der Waals surface area contributed by atoms with E-state index in [1.54, 1.807) is 13.8 Å². The van der Waals surface area contributed by atoms with Crippen molar-refractivity contribution in [3.8, 4) is 0 Å². The van der Waals surface area contributed by atoms with E-state index >= 15 is 0 Å². The van der Waals surface area contributed by atoms with Crippen LogP contribution < -0.4 is 11.1 Å². The Balaban J connectivity index is 2.38. The predicted octanol–water partition coefficient (Wildman–Crippen LogP) is -0.488. The minimum atomic E-state index is -3.49. The summed E-state index contributed by atoms with van der Waals surface area (Å²) < 4.78 is 24.9. The Morgan fingerprint density at radius 3 is 2.39 bits per heavy atom. The van der Waals surface area contributed by atoms with Crippen LogP contribution in [0.25, 0.3) is 0 Å². The molecule has 1 unspecified atom stereocenters. The molecule has 1 rings (SSSR count). The quantitative estimate of drug-likeness (QED) is 0.626. The first-order valence-electron chi connectivity index (χ1n) is 6.40. The zero-order valence-corrected chi connectivity index (χ0v) is 11.9. The van der Waals surface area contributed by atoms with Crippen LogP contribution >= 0.6 is 0 Å². The average Bonchev–Trinajstić information content (AvgIpc) is 3.10. The molecule has 0 aromatic heterocycles. The molecule has 0 saturated heterocycles. The highest BCUT2D eigenvalue weighted by atomic mass is 32.2. The van der Waals surface area contributed by atoms with Gasteiger partial charge >= 0.3 is 0 Å². The molecule has 106 valence electrons. The van der Waals surface area contributed by atoms with Crippen molar-refractivity contribution in [3.63, 3.8) is 0 Å². The summed E-state index contributed by atoms with van der Waals surface area (Å²) in [4.78, 5) is 11.6. The van der Waals surface area contributed by atoms with E-state index < -0.39 is 21.7 Å². The number of nitrogens with zero attached hydrogens (tertiary/aromatic N) is 1. The number of carbonyl (C=O) groups excluding carboxylic acids is 1. The number of hydrogen-bond donors (Lipinski definition) is 2. The summed E-state index contributed by atoms with van der Waals surface area (Å²) in [6.07, 6.45) is 2.21. The molecule has 1 aliphatic carbocycles. The van der Waals surface area contributed by atoms with Crippen molar-refractivity contribution in [2.75, 3.05) is 25.4 Å². The molecule has 0 aromatic rings. The Kier molecular flexibility index (Phi) is 5.55. The fraction of sp³-hybridized carbons (Fsp3) is 0.909. The average molecular weight is 277 g/mol. The van der Waals surface area contributed by atoms with Crippen molar-refractivity contribution in [2.24, 2.45) is 11.7 Å². The van der Waals surface area contributed by atoms with Gasteiger partial charge in [-0.25, -0.2) is 12.7 Å². The van der Waals surface area contributed by atoms with Crippen LogP contribution in [-0.4, -0.2) is 50.1 Å². The van der Waals surface area contributed by atoms with Crippen molar-refractivity contribution >= 4 is 15.9 Å². The lowest BCUT2D eigenvalue weighted by Gasteiger charge is -2.18. The molecular formula is C11H23N3O3S. The number of nitrogens with two attached hydrogens (primary N) is 1. The van der Waals surface area contributed by atoms with E-state index in [9.17, 15) is 13.2 Å². The largest absolute Gasteiger partial charge is 0.354 e. The van der Waals surface area contributed by atoms with Crippen LogP contribution in [0.15, 0.2) is 0 Å². The summed E-state index contributed by atoms with van der Waals surface area (Å²) in [5.41, 5.74) is 5.83. The van der Waals surface area contributed by atoms with E-state index in [0.717, 1.165) is 12.8 Å². The lowest BCUT2D eigenvalue weighted by atomic mass is 10.2. The molecule has 0 spiro atoms. The van der Waals surface area contributed by atoms with Gasteiger partial charge in [0.2, 0.25) is 15.9 Å². The van der Waals surface area contributed by atoms with Gasteiger partial charge in [-0.05, 0) is 18.8 Å². The summed E-state index contributed by atoms with van der Waals surface area (Å²) in [5.74, 6) is -0.478. The van der Waals surface area contributed by atoms with E-state index in [4.69, 9.17) is 5.73 Å². The number of sulfonamides is 1. The molecule has 18 heavy (non-hydrogen) atoms. The molecule has 0 aromatic carbocycles. The van der Waals surface area contributed by atoms with E-state index in [1.807, 2.05) is 0 Å². The van der Waals surface area contributed by atoms with Crippen molar-refractivity contribution in [1.29, 1.82) is 0 Å². The fourth-order valence-electron chi connectivity index (χ4n) is 1.85. The maximum atomic E-state index is 11.8. The van der Waals surface area contributed by atoms with Gasteiger partial charge in [0, 0.05) is 25.7 Å². The third-order valence-corrected chi connectivity index (χ3v) is 5.10. The Morgan fingerprint density at radius 1 is 1.39 bits per heavy atom. The van der Waals surface area contributed by atoms with Crippen LogP contribution in [-0.2, 0) is 14.8 Å².